The van der Waals surface area contributed by atoms with Crippen molar-refractivity contribution in [3.63, 3.8) is 0 Å². The molecule has 6 heteroatoms. The van der Waals surface area contributed by atoms with Gasteiger partial charge in [0.2, 0.25) is 5.91 Å². The van der Waals surface area contributed by atoms with E-state index in [1.165, 1.54) is 25.7 Å². The summed E-state index contributed by atoms with van der Waals surface area (Å²) >= 11 is 0. The molecule has 0 radical (unpaired) electrons. The molecule has 1 saturated carbocycles. The quantitative estimate of drug-likeness (QED) is 0.392. The number of hydrogen-bond acceptors (Lipinski definition) is 3. The highest BCUT2D eigenvalue weighted by atomic mass is 16.2. The number of carbonyl (C=O) groups excluding carboxylic acids is 1. The maximum Gasteiger partial charge on any atom is 0.225 e. The Morgan fingerprint density at radius 3 is 2.35 bits per heavy atom. The Morgan fingerprint density at radius 1 is 1.08 bits per heavy atom. The van der Waals surface area contributed by atoms with Crippen molar-refractivity contribution in [2.24, 2.45) is 16.8 Å². The van der Waals surface area contributed by atoms with Crippen molar-refractivity contribution in [2.75, 3.05) is 52.9 Å². The lowest BCUT2D eigenvalue weighted by atomic mass is 10.1. The number of guanidine groups is 1. The highest BCUT2D eigenvalue weighted by molar-refractivity contribution is 5.79. The molecule has 2 aliphatic rings. The summed E-state index contributed by atoms with van der Waals surface area (Å²) in [5.74, 6) is 2.37. The number of hydrogen-bond donors (Lipinski definition) is 2. The van der Waals surface area contributed by atoms with E-state index in [-0.39, 0.29) is 0 Å². The monoisotopic (exact) mass is 365 g/mol. The van der Waals surface area contributed by atoms with Crippen molar-refractivity contribution in [3.8, 4) is 0 Å². The number of nitrogens with zero attached hydrogens (tertiary/aromatic N) is 3. The van der Waals surface area contributed by atoms with Crippen LogP contribution in [0.5, 0.6) is 0 Å². The van der Waals surface area contributed by atoms with Crippen LogP contribution in [-0.2, 0) is 4.79 Å². The van der Waals surface area contributed by atoms with Crippen LogP contribution in [0.25, 0.3) is 0 Å². The van der Waals surface area contributed by atoms with Gasteiger partial charge < -0.3 is 15.5 Å². The van der Waals surface area contributed by atoms with Crippen LogP contribution in [0.1, 0.15) is 52.4 Å². The molecule has 6 nitrogen and oxygen atoms in total. The van der Waals surface area contributed by atoms with Gasteiger partial charge in [-0.15, -0.1) is 0 Å². The van der Waals surface area contributed by atoms with Crippen molar-refractivity contribution in [1.29, 1.82) is 0 Å². The van der Waals surface area contributed by atoms with Gasteiger partial charge >= 0.3 is 0 Å². The molecule has 0 aromatic carbocycles. The summed E-state index contributed by atoms with van der Waals surface area (Å²) in [6.07, 6.45) is 7.09. The van der Waals surface area contributed by atoms with E-state index in [9.17, 15) is 4.79 Å². The van der Waals surface area contributed by atoms with E-state index in [1.807, 2.05) is 7.05 Å². The highest BCUT2D eigenvalue weighted by Crippen LogP contribution is 2.26. The molecule has 2 fully saturated rings. The van der Waals surface area contributed by atoms with E-state index in [0.29, 0.717) is 11.8 Å². The van der Waals surface area contributed by atoms with Gasteiger partial charge in [-0.05, 0) is 31.6 Å². The lowest BCUT2D eigenvalue weighted by Gasteiger charge is -2.36. The average Bonchev–Trinajstić information content (AvgIpc) is 3.18. The summed E-state index contributed by atoms with van der Waals surface area (Å²) in [6, 6.07) is 0. The van der Waals surface area contributed by atoms with Crippen molar-refractivity contribution in [1.82, 2.24) is 20.4 Å². The number of nitrogens with one attached hydrogen (secondary N) is 2. The molecule has 0 spiro atoms. The Kier molecular flexibility index (Phi) is 9.23. The summed E-state index contributed by atoms with van der Waals surface area (Å²) in [6.45, 7) is 11.1. The number of carbonyl (C=O) groups is 1. The Labute approximate surface area is 159 Å². The van der Waals surface area contributed by atoms with Gasteiger partial charge in [0.25, 0.3) is 0 Å². The first-order valence-electron chi connectivity index (χ1n) is 10.6. The van der Waals surface area contributed by atoms with Crippen molar-refractivity contribution in [2.45, 2.75) is 52.4 Å². The molecule has 1 amide bonds. The number of piperazine rings is 1. The fourth-order valence-corrected chi connectivity index (χ4v) is 3.89. The zero-order valence-electron chi connectivity index (χ0n) is 17.1. The molecule has 1 aliphatic heterocycles. The maximum atomic E-state index is 12.5. The second-order valence-electron chi connectivity index (χ2n) is 8.11. The van der Waals surface area contributed by atoms with E-state index >= 15 is 0 Å². The van der Waals surface area contributed by atoms with Crippen LogP contribution < -0.4 is 10.6 Å². The normalized spacial score (nSPS) is 20.0. The third kappa shape index (κ3) is 7.14. The van der Waals surface area contributed by atoms with Crippen LogP contribution in [0, 0.1) is 11.8 Å². The summed E-state index contributed by atoms with van der Waals surface area (Å²) in [7, 11) is 1.82. The van der Waals surface area contributed by atoms with Crippen molar-refractivity contribution >= 4 is 11.9 Å². The fourth-order valence-electron chi connectivity index (χ4n) is 3.89. The second-order valence-corrected chi connectivity index (χ2v) is 8.11. The van der Waals surface area contributed by atoms with Gasteiger partial charge in [0.05, 0.1) is 0 Å². The van der Waals surface area contributed by atoms with Crippen LogP contribution >= 0.6 is 0 Å². The van der Waals surface area contributed by atoms with Crippen LogP contribution in [0.15, 0.2) is 4.99 Å². The molecule has 150 valence electrons. The van der Waals surface area contributed by atoms with Crippen molar-refractivity contribution in [3.05, 3.63) is 0 Å². The molecular formula is C20H39N5O. The van der Waals surface area contributed by atoms with Gasteiger partial charge in [0, 0.05) is 58.8 Å². The van der Waals surface area contributed by atoms with Gasteiger partial charge in [-0.2, -0.15) is 0 Å². The Balaban J connectivity index is 1.56. The molecule has 1 aliphatic carbocycles. The first-order chi connectivity index (χ1) is 12.6. The van der Waals surface area contributed by atoms with E-state index in [1.54, 1.807) is 0 Å². The zero-order valence-corrected chi connectivity index (χ0v) is 17.1. The van der Waals surface area contributed by atoms with Crippen LogP contribution in [-0.4, -0.2) is 74.5 Å². The molecule has 0 aromatic heterocycles. The maximum absolute atomic E-state index is 12.5. The number of amides is 1. The molecule has 2 N–H and O–H groups in total. The molecule has 26 heavy (non-hydrogen) atoms. The lowest BCUT2D eigenvalue weighted by molar-refractivity contribution is -0.137. The predicted molar refractivity (Wildman–Crippen MR) is 108 cm³/mol. The molecule has 0 bridgehead atoms. The van der Waals surface area contributed by atoms with Gasteiger partial charge in [-0.25, -0.2) is 0 Å². The van der Waals surface area contributed by atoms with Crippen LogP contribution in [0.3, 0.4) is 0 Å². The van der Waals surface area contributed by atoms with Crippen molar-refractivity contribution < 1.29 is 4.79 Å². The van der Waals surface area contributed by atoms with E-state index in [4.69, 9.17) is 0 Å². The average molecular weight is 366 g/mol. The second kappa shape index (κ2) is 11.4. The number of rotatable bonds is 8. The summed E-state index contributed by atoms with van der Waals surface area (Å²) in [5, 5.41) is 6.78. The summed E-state index contributed by atoms with van der Waals surface area (Å²) in [5.41, 5.74) is 0. The molecule has 0 aromatic rings. The SMILES string of the molecule is CN=C(NCCCC(C)C)NCCN1CCN(C(=O)C2CCCC2)CC1. The minimum atomic E-state index is 0.313. The molecule has 1 heterocycles. The minimum Gasteiger partial charge on any atom is -0.356 e. The molecule has 0 unspecified atom stereocenters. The first-order valence-corrected chi connectivity index (χ1v) is 10.6. The lowest BCUT2D eigenvalue weighted by Crippen LogP contribution is -2.51. The Morgan fingerprint density at radius 2 is 1.73 bits per heavy atom. The van der Waals surface area contributed by atoms with E-state index in [0.717, 1.165) is 70.5 Å². The molecule has 1 saturated heterocycles. The standard InChI is InChI=1S/C20H39N5O/c1-17(2)7-6-10-22-20(21-3)23-11-12-24-13-15-25(16-14-24)19(26)18-8-4-5-9-18/h17-18H,4-16H2,1-3H3,(H2,21,22,23). The Hall–Kier alpha value is -1.30. The van der Waals surface area contributed by atoms with E-state index < -0.39 is 0 Å². The van der Waals surface area contributed by atoms with E-state index in [2.05, 4.69) is 39.3 Å². The third-order valence-electron chi connectivity index (χ3n) is 5.58. The topological polar surface area (TPSA) is 60.0 Å². The molecule has 0 atom stereocenters. The predicted octanol–water partition coefficient (Wildman–Crippen LogP) is 1.92. The molecule has 2 rings (SSSR count). The van der Waals surface area contributed by atoms with Gasteiger partial charge in [-0.3, -0.25) is 14.7 Å². The fraction of sp³-hybridized carbons (Fsp3) is 0.900. The third-order valence-corrected chi connectivity index (χ3v) is 5.58. The summed E-state index contributed by atoms with van der Waals surface area (Å²) in [4.78, 5) is 21.3. The largest absolute Gasteiger partial charge is 0.356 e. The number of aliphatic imine (C=N–C) groups is 1. The smallest absolute Gasteiger partial charge is 0.225 e. The summed E-state index contributed by atoms with van der Waals surface area (Å²) < 4.78 is 0. The highest BCUT2D eigenvalue weighted by Gasteiger charge is 2.29. The van der Waals surface area contributed by atoms with Gasteiger partial charge in [0.1, 0.15) is 0 Å². The van der Waals surface area contributed by atoms with Crippen LogP contribution in [0.4, 0.5) is 0 Å². The van der Waals surface area contributed by atoms with Gasteiger partial charge in [-0.1, -0.05) is 26.7 Å². The molecular weight excluding hydrogens is 326 g/mol. The van der Waals surface area contributed by atoms with Gasteiger partial charge in [0.15, 0.2) is 5.96 Å². The zero-order chi connectivity index (χ0) is 18.8. The first kappa shape index (κ1) is 21.0. The Bertz CT molecular complexity index is 437. The minimum absolute atomic E-state index is 0.313. The van der Waals surface area contributed by atoms with Crippen LogP contribution in [0.2, 0.25) is 0 Å².